The first-order valence-electron chi connectivity index (χ1n) is 8.46. The topological polar surface area (TPSA) is 24.5 Å². The summed E-state index contributed by atoms with van der Waals surface area (Å²) in [5.74, 6) is 0.951. The Labute approximate surface area is 163 Å². The van der Waals surface area contributed by atoms with Gasteiger partial charge in [-0.1, -0.05) is 36.4 Å². The number of fused-ring (bicyclic) bond motifs is 1. The molecule has 5 heteroatoms. The Balaban J connectivity index is 0.00000156. The summed E-state index contributed by atoms with van der Waals surface area (Å²) in [7, 11) is 1.74. The second-order valence-corrected chi connectivity index (χ2v) is 6.07. The third-order valence-electron chi connectivity index (χ3n) is 4.73. The molecule has 0 aliphatic carbocycles. The number of hydrogen-bond acceptors (Lipinski definition) is 3. The third kappa shape index (κ3) is 4.89. The molecule has 0 spiro atoms. The highest BCUT2D eigenvalue weighted by Gasteiger charge is 2.23. The van der Waals surface area contributed by atoms with Crippen LogP contribution in [0.1, 0.15) is 24.4 Å². The zero-order chi connectivity index (χ0) is 16.1. The molecular formula is C20H28Cl2N2O. The van der Waals surface area contributed by atoms with Crippen LogP contribution in [0.2, 0.25) is 0 Å². The van der Waals surface area contributed by atoms with Crippen LogP contribution in [0.4, 0.5) is 0 Å². The molecule has 2 aromatic rings. The van der Waals surface area contributed by atoms with Gasteiger partial charge in [0.1, 0.15) is 5.75 Å². The van der Waals surface area contributed by atoms with Crippen LogP contribution in [0.5, 0.6) is 5.75 Å². The fraction of sp³-hybridized carbons (Fsp3) is 0.400. The fourth-order valence-corrected chi connectivity index (χ4v) is 3.57. The van der Waals surface area contributed by atoms with E-state index in [0.717, 1.165) is 44.8 Å². The summed E-state index contributed by atoms with van der Waals surface area (Å²) >= 11 is 0. The first-order valence-corrected chi connectivity index (χ1v) is 8.46. The molecule has 1 aliphatic rings. The largest absolute Gasteiger partial charge is 0.496 e. The van der Waals surface area contributed by atoms with Crippen molar-refractivity contribution in [1.82, 2.24) is 10.2 Å². The number of halogens is 2. The van der Waals surface area contributed by atoms with E-state index < -0.39 is 0 Å². The van der Waals surface area contributed by atoms with Crippen molar-refractivity contribution in [2.24, 2.45) is 0 Å². The Morgan fingerprint density at radius 3 is 2.44 bits per heavy atom. The number of methoxy groups -OCH3 is 1. The van der Waals surface area contributed by atoms with E-state index in [4.69, 9.17) is 4.74 Å². The standard InChI is InChI=1S/C20H26N2O.2ClH/c1-3-4-9-19(22-14-12-21-13-15-22)17-10-11-20(23-2)18-8-6-5-7-16(17)18;;/h3,5-8,10-11,19,21H,1,4,9,12-15H2,2H3;2*1H/t19-;;/m1../s1. The van der Waals surface area contributed by atoms with E-state index in [1.165, 1.54) is 16.3 Å². The minimum Gasteiger partial charge on any atom is -0.496 e. The number of rotatable bonds is 6. The number of nitrogens with zero attached hydrogens (tertiary/aromatic N) is 1. The van der Waals surface area contributed by atoms with E-state index in [-0.39, 0.29) is 24.8 Å². The van der Waals surface area contributed by atoms with Crippen LogP contribution in [0, 0.1) is 0 Å². The monoisotopic (exact) mass is 382 g/mol. The average Bonchev–Trinajstić information content (AvgIpc) is 2.63. The van der Waals surface area contributed by atoms with Crippen molar-refractivity contribution >= 4 is 35.6 Å². The predicted molar refractivity (Wildman–Crippen MR) is 112 cm³/mol. The Hall–Kier alpha value is -1.26. The van der Waals surface area contributed by atoms with Crippen molar-refractivity contribution in [3.05, 3.63) is 54.6 Å². The summed E-state index contributed by atoms with van der Waals surface area (Å²) in [6.45, 7) is 8.25. The molecule has 138 valence electrons. The van der Waals surface area contributed by atoms with Gasteiger partial charge >= 0.3 is 0 Å². The molecule has 1 heterocycles. The molecule has 3 rings (SSSR count). The van der Waals surface area contributed by atoms with Gasteiger partial charge in [0, 0.05) is 37.6 Å². The molecule has 1 saturated heterocycles. The van der Waals surface area contributed by atoms with Crippen LogP contribution in [0.25, 0.3) is 10.8 Å². The van der Waals surface area contributed by atoms with Gasteiger partial charge in [-0.15, -0.1) is 31.4 Å². The van der Waals surface area contributed by atoms with Crippen molar-refractivity contribution in [3.63, 3.8) is 0 Å². The van der Waals surface area contributed by atoms with Gasteiger partial charge in [0.05, 0.1) is 7.11 Å². The van der Waals surface area contributed by atoms with E-state index in [2.05, 4.69) is 53.2 Å². The molecule has 1 aliphatic heterocycles. The number of piperazine rings is 1. The number of nitrogens with one attached hydrogen (secondary N) is 1. The van der Waals surface area contributed by atoms with Gasteiger partial charge in [0.2, 0.25) is 0 Å². The van der Waals surface area contributed by atoms with Gasteiger partial charge in [-0.25, -0.2) is 0 Å². The summed E-state index contributed by atoms with van der Waals surface area (Å²) in [5.41, 5.74) is 1.41. The van der Waals surface area contributed by atoms with Crippen molar-refractivity contribution in [2.45, 2.75) is 18.9 Å². The van der Waals surface area contributed by atoms with E-state index in [9.17, 15) is 0 Å². The second-order valence-electron chi connectivity index (χ2n) is 6.07. The quantitative estimate of drug-likeness (QED) is 0.738. The predicted octanol–water partition coefficient (Wildman–Crippen LogP) is 4.60. The Morgan fingerprint density at radius 2 is 1.80 bits per heavy atom. The van der Waals surface area contributed by atoms with Crippen molar-refractivity contribution in [1.29, 1.82) is 0 Å². The maximum absolute atomic E-state index is 5.55. The first-order chi connectivity index (χ1) is 11.3. The highest BCUT2D eigenvalue weighted by molar-refractivity contribution is 5.91. The molecule has 2 aromatic carbocycles. The van der Waals surface area contributed by atoms with Gasteiger partial charge in [0.15, 0.2) is 0 Å². The molecule has 0 unspecified atom stereocenters. The molecular weight excluding hydrogens is 355 g/mol. The molecule has 0 bridgehead atoms. The number of allylic oxidation sites excluding steroid dienone is 1. The van der Waals surface area contributed by atoms with Gasteiger partial charge in [0.25, 0.3) is 0 Å². The molecule has 1 N–H and O–H groups in total. The zero-order valence-corrected chi connectivity index (χ0v) is 16.4. The van der Waals surface area contributed by atoms with E-state index >= 15 is 0 Å². The molecule has 0 aromatic heterocycles. The average molecular weight is 383 g/mol. The van der Waals surface area contributed by atoms with E-state index in [1.54, 1.807) is 7.11 Å². The third-order valence-corrected chi connectivity index (χ3v) is 4.73. The maximum Gasteiger partial charge on any atom is 0.126 e. The Bertz CT molecular complexity index is 672. The SMILES string of the molecule is C=CCC[C@H](c1ccc(OC)c2ccccc12)N1CCNCC1.Cl.Cl. The maximum atomic E-state index is 5.55. The smallest absolute Gasteiger partial charge is 0.126 e. The van der Waals surface area contributed by atoms with Crippen LogP contribution in [-0.4, -0.2) is 38.2 Å². The van der Waals surface area contributed by atoms with Crippen LogP contribution < -0.4 is 10.1 Å². The molecule has 3 nitrogen and oxygen atoms in total. The van der Waals surface area contributed by atoms with E-state index in [0.29, 0.717) is 6.04 Å². The van der Waals surface area contributed by atoms with Crippen LogP contribution >= 0.6 is 24.8 Å². The van der Waals surface area contributed by atoms with Gasteiger partial charge in [-0.3, -0.25) is 4.90 Å². The van der Waals surface area contributed by atoms with Gasteiger partial charge in [-0.05, 0) is 29.9 Å². The highest BCUT2D eigenvalue weighted by Crippen LogP contribution is 2.36. The number of ether oxygens (including phenoxy) is 1. The van der Waals surface area contributed by atoms with Crippen molar-refractivity contribution in [2.75, 3.05) is 33.3 Å². The summed E-state index contributed by atoms with van der Waals surface area (Å²) < 4.78 is 5.55. The fourth-order valence-electron chi connectivity index (χ4n) is 3.57. The molecule has 1 atom stereocenters. The summed E-state index contributed by atoms with van der Waals surface area (Å²) in [6, 6.07) is 13.4. The lowest BCUT2D eigenvalue weighted by molar-refractivity contribution is 0.167. The Morgan fingerprint density at radius 1 is 1.12 bits per heavy atom. The lowest BCUT2D eigenvalue weighted by Gasteiger charge is -2.36. The molecule has 0 saturated carbocycles. The van der Waals surface area contributed by atoms with Crippen molar-refractivity contribution < 1.29 is 4.74 Å². The minimum atomic E-state index is 0. The van der Waals surface area contributed by atoms with Crippen LogP contribution in [-0.2, 0) is 0 Å². The first kappa shape index (κ1) is 21.8. The molecule has 0 radical (unpaired) electrons. The lowest BCUT2D eigenvalue weighted by atomic mass is 9.93. The normalized spacial score (nSPS) is 15.7. The molecule has 0 amide bonds. The molecule has 1 fully saturated rings. The zero-order valence-electron chi connectivity index (χ0n) is 14.7. The van der Waals surface area contributed by atoms with Crippen molar-refractivity contribution in [3.8, 4) is 5.75 Å². The number of hydrogen-bond donors (Lipinski definition) is 1. The van der Waals surface area contributed by atoms with Gasteiger partial charge < -0.3 is 10.1 Å². The highest BCUT2D eigenvalue weighted by atomic mass is 35.5. The summed E-state index contributed by atoms with van der Waals surface area (Å²) in [6.07, 6.45) is 4.18. The number of benzene rings is 2. The Kier molecular flexibility index (Phi) is 9.30. The van der Waals surface area contributed by atoms with Crippen LogP contribution in [0.15, 0.2) is 49.1 Å². The van der Waals surface area contributed by atoms with Crippen LogP contribution in [0.3, 0.4) is 0 Å². The minimum absolute atomic E-state index is 0. The van der Waals surface area contributed by atoms with Gasteiger partial charge in [-0.2, -0.15) is 0 Å². The summed E-state index contributed by atoms with van der Waals surface area (Å²) in [5, 5.41) is 5.96. The molecule has 25 heavy (non-hydrogen) atoms. The summed E-state index contributed by atoms with van der Waals surface area (Å²) in [4.78, 5) is 2.61. The van der Waals surface area contributed by atoms with E-state index in [1.807, 2.05) is 6.08 Å². The lowest BCUT2D eigenvalue weighted by Crippen LogP contribution is -2.45. The second kappa shape index (κ2) is 10.7.